The molecule has 4 rings (SSSR count). The van der Waals surface area contributed by atoms with Crippen LogP contribution in [-0.4, -0.2) is 71.6 Å². The average molecular weight is 502 g/mol. The molecule has 0 aliphatic carbocycles. The number of rotatable bonds is 8. The molecule has 2 aromatic heterocycles. The van der Waals surface area contributed by atoms with Gasteiger partial charge in [0.15, 0.2) is 5.13 Å². The summed E-state index contributed by atoms with van der Waals surface area (Å²) in [5.41, 5.74) is 6.53. The highest BCUT2D eigenvalue weighted by molar-refractivity contribution is 8.00. The molecule has 0 radical (unpaired) electrons. The summed E-state index contributed by atoms with van der Waals surface area (Å²) in [6.07, 6.45) is 6.67. The maximum absolute atomic E-state index is 12.9. The number of nitrogens with two attached hydrogens (primary N) is 1. The molecule has 2 aromatic rings. The zero-order valence-corrected chi connectivity index (χ0v) is 19.4. The fourth-order valence-electron chi connectivity index (χ4n) is 3.30. The van der Waals surface area contributed by atoms with Gasteiger partial charge in [0.05, 0.1) is 0 Å². The number of hydrogen-bond donors (Lipinski definition) is 3. The highest BCUT2D eigenvalue weighted by Crippen LogP contribution is 2.40. The molecule has 0 aromatic carbocycles. The summed E-state index contributed by atoms with van der Waals surface area (Å²) in [6.45, 7) is 1.89. The van der Waals surface area contributed by atoms with E-state index in [2.05, 4.69) is 24.8 Å². The molecule has 4 heterocycles. The van der Waals surface area contributed by atoms with Crippen molar-refractivity contribution in [3.63, 3.8) is 0 Å². The summed E-state index contributed by atoms with van der Waals surface area (Å²) in [4.78, 5) is 51.9. The Bertz CT molecular complexity index is 1210. The fraction of sp³-hybridized carbons (Fsp3) is 0.250. The van der Waals surface area contributed by atoms with Crippen LogP contribution in [0.4, 0.5) is 5.13 Å². The maximum atomic E-state index is 12.9. The fourth-order valence-corrected chi connectivity index (χ4v) is 5.05. The highest BCUT2D eigenvalue weighted by atomic mass is 32.2. The number of pyridine rings is 1. The van der Waals surface area contributed by atoms with Crippen molar-refractivity contribution in [3.05, 3.63) is 53.3 Å². The third-order valence-electron chi connectivity index (χ3n) is 4.80. The van der Waals surface area contributed by atoms with Crippen LogP contribution >= 0.6 is 23.3 Å². The van der Waals surface area contributed by atoms with Crippen molar-refractivity contribution in [3.8, 4) is 0 Å². The van der Waals surface area contributed by atoms with Crippen molar-refractivity contribution < 1.29 is 24.3 Å². The first-order valence-electron chi connectivity index (χ1n) is 10.00. The Kier molecular flexibility index (Phi) is 6.88. The van der Waals surface area contributed by atoms with Gasteiger partial charge >= 0.3 is 5.97 Å². The molecule has 2 amide bonds. The number of carboxylic acids is 1. The van der Waals surface area contributed by atoms with Gasteiger partial charge in [-0.2, -0.15) is 9.36 Å². The maximum Gasteiger partial charge on any atom is 0.352 e. The first-order chi connectivity index (χ1) is 16.4. The highest BCUT2D eigenvalue weighted by Gasteiger charge is 2.54. The lowest BCUT2D eigenvalue weighted by Gasteiger charge is -2.49. The van der Waals surface area contributed by atoms with Gasteiger partial charge in [-0.3, -0.25) is 19.5 Å². The third-order valence-corrected chi connectivity index (χ3v) is 6.65. The zero-order chi connectivity index (χ0) is 24.2. The van der Waals surface area contributed by atoms with Crippen LogP contribution in [-0.2, 0) is 19.2 Å². The van der Waals surface area contributed by atoms with E-state index in [0.717, 1.165) is 17.1 Å². The number of anilines is 1. The van der Waals surface area contributed by atoms with Crippen LogP contribution in [0.5, 0.6) is 0 Å². The number of thioether (sulfide) groups is 1. The van der Waals surface area contributed by atoms with Crippen LogP contribution in [0, 0.1) is 0 Å². The Morgan fingerprint density at radius 2 is 2.26 bits per heavy atom. The largest absolute Gasteiger partial charge is 0.477 e. The summed E-state index contributed by atoms with van der Waals surface area (Å²) in [5, 5.41) is 15.7. The van der Waals surface area contributed by atoms with Crippen molar-refractivity contribution in [1.82, 2.24) is 24.6 Å². The number of nitrogen functional groups attached to an aromatic ring is 1. The van der Waals surface area contributed by atoms with Gasteiger partial charge in [-0.05, 0) is 24.1 Å². The van der Waals surface area contributed by atoms with Gasteiger partial charge in [0, 0.05) is 29.7 Å². The quantitative estimate of drug-likeness (QED) is 0.265. The molecule has 176 valence electrons. The SMILES string of the molecule is CCO/N=C(\C(=O)NC1C(=O)N2C(C(=O)O)=C(/C=C/c3cccnc3)CS[C@H]12)c1nsc(N)n1. The smallest absolute Gasteiger partial charge is 0.352 e. The number of aromatic nitrogens is 3. The van der Waals surface area contributed by atoms with E-state index in [1.54, 1.807) is 37.5 Å². The number of nitrogens with one attached hydrogen (secondary N) is 1. The van der Waals surface area contributed by atoms with Crippen LogP contribution < -0.4 is 11.1 Å². The lowest BCUT2D eigenvalue weighted by Crippen LogP contribution is -2.71. The molecule has 0 saturated carbocycles. The van der Waals surface area contributed by atoms with Gasteiger partial charge < -0.3 is 21.0 Å². The Labute approximate surface area is 201 Å². The number of aliphatic carboxylic acids is 1. The lowest BCUT2D eigenvalue weighted by atomic mass is 10.0. The summed E-state index contributed by atoms with van der Waals surface area (Å²) in [5.74, 6) is -2.19. The van der Waals surface area contributed by atoms with Crippen molar-refractivity contribution in [2.45, 2.75) is 18.3 Å². The second-order valence-corrected chi connectivity index (χ2v) is 8.86. The molecule has 2 atom stereocenters. The van der Waals surface area contributed by atoms with E-state index in [1.807, 2.05) is 6.07 Å². The zero-order valence-electron chi connectivity index (χ0n) is 17.7. The van der Waals surface area contributed by atoms with E-state index >= 15 is 0 Å². The summed E-state index contributed by atoms with van der Waals surface area (Å²) < 4.78 is 3.97. The standard InChI is InChI=1S/C20H19N7O5S2/c1-2-32-25-12(15-24-20(21)34-26-15)16(28)23-13-17(29)27-14(19(30)31)11(9-33-18(13)27)6-5-10-4-3-7-22-8-10/h3-8,13,18H,2,9H2,1H3,(H,23,28)(H,30,31)(H2,21,24,26)/b6-5+,25-12-/t13?,18-/m1/s1. The van der Waals surface area contributed by atoms with Crippen LogP contribution in [0.2, 0.25) is 0 Å². The molecule has 1 fully saturated rings. The second kappa shape index (κ2) is 10.0. The molecule has 0 spiro atoms. The lowest BCUT2D eigenvalue weighted by molar-refractivity contribution is -0.150. The number of hydrogen-bond acceptors (Lipinski definition) is 11. The van der Waals surface area contributed by atoms with E-state index in [0.29, 0.717) is 11.3 Å². The van der Waals surface area contributed by atoms with Gasteiger partial charge in [0.1, 0.15) is 23.7 Å². The van der Waals surface area contributed by atoms with Gasteiger partial charge in [0.2, 0.25) is 11.5 Å². The number of nitrogens with zero attached hydrogens (tertiary/aromatic N) is 5. The molecular weight excluding hydrogens is 482 g/mol. The van der Waals surface area contributed by atoms with Crippen molar-refractivity contribution in [2.75, 3.05) is 18.1 Å². The number of carbonyl (C=O) groups excluding carboxylic acids is 2. The predicted molar refractivity (Wildman–Crippen MR) is 125 cm³/mol. The van der Waals surface area contributed by atoms with E-state index in [1.165, 1.54) is 16.7 Å². The molecule has 14 heteroatoms. The molecule has 4 N–H and O–H groups in total. The Balaban J connectivity index is 1.53. The third kappa shape index (κ3) is 4.63. The number of carbonyl (C=O) groups is 3. The predicted octanol–water partition coefficient (Wildman–Crippen LogP) is 0.708. The minimum atomic E-state index is -1.23. The topological polar surface area (TPSA) is 173 Å². The average Bonchev–Trinajstić information content (AvgIpc) is 3.27. The van der Waals surface area contributed by atoms with Gasteiger partial charge in [0.25, 0.3) is 11.8 Å². The molecule has 12 nitrogen and oxygen atoms in total. The van der Waals surface area contributed by atoms with E-state index < -0.39 is 29.2 Å². The monoisotopic (exact) mass is 501 g/mol. The number of carboxylic acid groups (broad SMARTS) is 1. The first kappa shape index (κ1) is 23.4. The van der Waals surface area contributed by atoms with Crippen LogP contribution in [0.25, 0.3) is 6.08 Å². The van der Waals surface area contributed by atoms with Crippen LogP contribution in [0.1, 0.15) is 18.3 Å². The Morgan fingerprint density at radius 1 is 1.44 bits per heavy atom. The van der Waals surface area contributed by atoms with E-state index in [-0.39, 0.29) is 29.0 Å². The van der Waals surface area contributed by atoms with E-state index in [9.17, 15) is 19.5 Å². The summed E-state index contributed by atoms with van der Waals surface area (Å²) >= 11 is 2.23. The van der Waals surface area contributed by atoms with Gasteiger partial charge in [-0.25, -0.2) is 4.79 Å². The number of oxime groups is 1. The van der Waals surface area contributed by atoms with Crippen molar-refractivity contribution >= 4 is 58.0 Å². The van der Waals surface area contributed by atoms with E-state index in [4.69, 9.17) is 10.6 Å². The van der Waals surface area contributed by atoms with Gasteiger partial charge in [-0.15, -0.1) is 11.8 Å². The number of β-lactam (4-membered cyclic amide) rings is 1. The number of fused-ring (bicyclic) bond motifs is 1. The molecule has 0 bridgehead atoms. The van der Waals surface area contributed by atoms with Gasteiger partial charge in [-0.1, -0.05) is 23.4 Å². The Morgan fingerprint density at radius 3 is 2.91 bits per heavy atom. The molecule has 34 heavy (non-hydrogen) atoms. The second-order valence-electron chi connectivity index (χ2n) is 6.97. The van der Waals surface area contributed by atoms with Crippen molar-refractivity contribution in [2.24, 2.45) is 5.16 Å². The van der Waals surface area contributed by atoms with Crippen LogP contribution in [0.15, 0.2) is 47.0 Å². The molecule has 1 saturated heterocycles. The summed E-state index contributed by atoms with van der Waals surface area (Å²) in [6, 6.07) is 2.65. The summed E-state index contributed by atoms with van der Waals surface area (Å²) in [7, 11) is 0. The molecule has 2 aliphatic heterocycles. The normalized spacial score (nSPS) is 20.2. The molecule has 1 unspecified atom stereocenters. The molecular formula is C20H19N7O5S2. The minimum Gasteiger partial charge on any atom is -0.477 e. The van der Waals surface area contributed by atoms with Crippen molar-refractivity contribution in [1.29, 1.82) is 0 Å². The minimum absolute atomic E-state index is 0.0256. The molecule has 2 aliphatic rings. The Hall–Kier alpha value is -3.78. The number of amides is 2. The first-order valence-corrected chi connectivity index (χ1v) is 11.8. The van der Waals surface area contributed by atoms with Crippen LogP contribution in [0.3, 0.4) is 0 Å². The number of allylic oxidation sites excluding steroid dienone is 1.